The molecule has 4 rings (SSSR count). The van der Waals surface area contributed by atoms with Crippen molar-refractivity contribution in [3.8, 4) is 11.5 Å². The molecule has 13 heteroatoms. The van der Waals surface area contributed by atoms with Gasteiger partial charge in [-0.3, -0.25) is 0 Å². The van der Waals surface area contributed by atoms with Gasteiger partial charge < -0.3 is 20.1 Å². The van der Waals surface area contributed by atoms with E-state index in [1.807, 2.05) is 0 Å². The Morgan fingerprint density at radius 1 is 0.786 bits per heavy atom. The van der Waals surface area contributed by atoms with E-state index in [9.17, 15) is 39.9 Å². The molecule has 226 valence electrons. The molecule has 0 bridgehead atoms. The largest absolute Gasteiger partial charge is 0.573 e. The topological polar surface area (TPSA) is 59.6 Å². The highest BCUT2D eigenvalue weighted by molar-refractivity contribution is 5.75. The molecule has 3 aromatic carbocycles. The summed E-state index contributed by atoms with van der Waals surface area (Å²) in [5.74, 6) is -3.47. The van der Waals surface area contributed by atoms with Gasteiger partial charge in [0.2, 0.25) is 0 Å². The number of nitrogens with one attached hydrogen (secondary N) is 2. The van der Waals surface area contributed by atoms with Crippen LogP contribution in [-0.4, -0.2) is 31.0 Å². The summed E-state index contributed by atoms with van der Waals surface area (Å²) in [5, 5.41) is 5.55. The van der Waals surface area contributed by atoms with E-state index < -0.39 is 54.2 Å². The molecule has 3 aromatic rings. The molecule has 0 saturated heterocycles. The van der Waals surface area contributed by atoms with Crippen LogP contribution in [-0.2, 0) is 0 Å². The van der Waals surface area contributed by atoms with Gasteiger partial charge in [-0.25, -0.2) is 9.18 Å². The highest BCUT2D eigenvalue weighted by Crippen LogP contribution is 2.40. The zero-order valence-corrected chi connectivity index (χ0v) is 21.8. The van der Waals surface area contributed by atoms with E-state index in [1.165, 1.54) is 12.1 Å². The van der Waals surface area contributed by atoms with Crippen LogP contribution in [0.3, 0.4) is 0 Å². The van der Waals surface area contributed by atoms with Crippen LogP contribution in [0.2, 0.25) is 0 Å². The van der Waals surface area contributed by atoms with E-state index in [2.05, 4.69) is 20.1 Å². The predicted octanol–water partition coefficient (Wildman–Crippen LogP) is 8.08. The third-order valence-electron chi connectivity index (χ3n) is 6.70. The monoisotopic (exact) mass is 602 g/mol. The lowest BCUT2D eigenvalue weighted by atomic mass is 9.81. The van der Waals surface area contributed by atoms with Crippen molar-refractivity contribution in [1.29, 1.82) is 0 Å². The molecular weight excluding hydrogens is 576 g/mol. The zero-order valence-electron chi connectivity index (χ0n) is 21.8. The van der Waals surface area contributed by atoms with E-state index in [0.717, 1.165) is 49.9 Å². The zero-order chi connectivity index (χ0) is 30.5. The van der Waals surface area contributed by atoms with Gasteiger partial charge in [0.1, 0.15) is 17.3 Å². The molecule has 0 spiro atoms. The van der Waals surface area contributed by atoms with Gasteiger partial charge in [-0.15, -0.1) is 13.2 Å². The quantitative estimate of drug-likeness (QED) is 0.231. The third kappa shape index (κ3) is 8.26. The molecule has 0 heterocycles. The molecule has 1 aliphatic carbocycles. The van der Waals surface area contributed by atoms with Gasteiger partial charge in [-0.05, 0) is 53.8 Å². The Morgan fingerprint density at radius 3 is 2.00 bits per heavy atom. The Labute approximate surface area is 235 Å². The minimum absolute atomic E-state index is 0.124. The van der Waals surface area contributed by atoms with Crippen molar-refractivity contribution in [2.24, 2.45) is 0 Å². The van der Waals surface area contributed by atoms with Crippen molar-refractivity contribution in [3.05, 3.63) is 95.3 Å². The summed E-state index contributed by atoms with van der Waals surface area (Å²) in [7, 11) is 0. The molecule has 2 amide bonds. The summed E-state index contributed by atoms with van der Waals surface area (Å²) in [4.78, 5) is 13.1. The maximum Gasteiger partial charge on any atom is 0.573 e. The van der Waals surface area contributed by atoms with Crippen LogP contribution in [0.4, 0.5) is 39.9 Å². The van der Waals surface area contributed by atoms with Gasteiger partial charge in [-0.1, -0.05) is 55.3 Å². The Morgan fingerprint density at radius 2 is 1.40 bits per heavy atom. The number of hydrogen-bond donors (Lipinski definition) is 2. The van der Waals surface area contributed by atoms with Crippen molar-refractivity contribution in [1.82, 2.24) is 10.6 Å². The predicted molar refractivity (Wildman–Crippen MR) is 136 cm³/mol. The molecule has 2 N–H and O–H groups in total. The Balaban J connectivity index is 1.79. The van der Waals surface area contributed by atoms with Gasteiger partial charge in [0.15, 0.2) is 0 Å². The molecular formula is C29H26F8N2O3. The van der Waals surface area contributed by atoms with Gasteiger partial charge in [0.25, 0.3) is 0 Å². The van der Waals surface area contributed by atoms with E-state index >= 15 is 0 Å². The summed E-state index contributed by atoms with van der Waals surface area (Å²) >= 11 is 0. The average molecular weight is 603 g/mol. The Kier molecular flexibility index (Phi) is 9.47. The van der Waals surface area contributed by atoms with E-state index in [4.69, 9.17) is 0 Å². The summed E-state index contributed by atoms with van der Waals surface area (Å²) in [6, 6.07) is 13.3. The molecule has 1 fully saturated rings. The molecule has 0 radical (unpaired) electrons. The number of alkyl halides is 7. The van der Waals surface area contributed by atoms with Crippen molar-refractivity contribution in [3.63, 3.8) is 0 Å². The summed E-state index contributed by atoms with van der Waals surface area (Å²) in [6.07, 6.45) is -10.8. The van der Waals surface area contributed by atoms with Gasteiger partial charge >= 0.3 is 24.9 Å². The fraction of sp³-hybridized carbons (Fsp3) is 0.345. The lowest BCUT2D eigenvalue weighted by Gasteiger charge is -2.31. The standard InChI is InChI=1S/C29H26F8N2O3/c30-20-14-19(15-23(16-20)41-28(33,34)26(31)32)25(39-27(40)38-21-8-4-5-9-21)24(17-6-2-1-3-7-17)18-10-12-22(13-11-18)42-29(35,36)37/h1-3,6-7,10-16,21,24-26H,4-5,8-9H2,(H2,38,39,40). The first kappa shape index (κ1) is 30.9. The van der Waals surface area contributed by atoms with Crippen LogP contribution in [0, 0.1) is 5.82 Å². The van der Waals surface area contributed by atoms with E-state index in [-0.39, 0.29) is 11.6 Å². The number of carbonyl (C=O) groups excluding carboxylic acids is 1. The average Bonchev–Trinajstić information content (AvgIpc) is 3.41. The van der Waals surface area contributed by atoms with Crippen LogP contribution >= 0.6 is 0 Å². The fourth-order valence-electron chi connectivity index (χ4n) is 4.94. The van der Waals surface area contributed by atoms with E-state index in [1.54, 1.807) is 30.3 Å². The third-order valence-corrected chi connectivity index (χ3v) is 6.70. The smallest absolute Gasteiger partial charge is 0.428 e. The van der Waals surface area contributed by atoms with Crippen LogP contribution in [0.5, 0.6) is 11.5 Å². The number of benzene rings is 3. The van der Waals surface area contributed by atoms with E-state index in [0.29, 0.717) is 17.2 Å². The number of hydrogen-bond acceptors (Lipinski definition) is 3. The Bertz CT molecular complexity index is 1330. The maximum atomic E-state index is 14.7. The molecule has 2 unspecified atom stereocenters. The number of ether oxygens (including phenoxy) is 2. The van der Waals surface area contributed by atoms with Crippen molar-refractivity contribution in [2.45, 2.75) is 62.6 Å². The van der Waals surface area contributed by atoms with Crippen LogP contribution in [0.15, 0.2) is 72.8 Å². The summed E-state index contributed by atoms with van der Waals surface area (Å²) < 4.78 is 114. The lowest BCUT2D eigenvalue weighted by molar-refractivity contribution is -0.274. The van der Waals surface area contributed by atoms with Crippen LogP contribution < -0.4 is 20.1 Å². The number of carbonyl (C=O) groups is 1. The second-order valence-corrected chi connectivity index (χ2v) is 9.77. The highest BCUT2D eigenvalue weighted by atomic mass is 19.4. The molecule has 42 heavy (non-hydrogen) atoms. The first-order valence-electron chi connectivity index (χ1n) is 12.9. The molecule has 0 aliphatic heterocycles. The van der Waals surface area contributed by atoms with Crippen LogP contribution in [0.25, 0.3) is 0 Å². The second kappa shape index (κ2) is 12.9. The fourth-order valence-corrected chi connectivity index (χ4v) is 4.94. The Hall–Kier alpha value is -4.03. The number of halogens is 8. The normalized spacial score (nSPS) is 15.7. The first-order chi connectivity index (χ1) is 19.8. The first-order valence-corrected chi connectivity index (χ1v) is 12.9. The number of urea groups is 1. The van der Waals surface area contributed by atoms with Gasteiger partial charge in [0, 0.05) is 18.0 Å². The van der Waals surface area contributed by atoms with Crippen molar-refractivity contribution < 1.29 is 49.4 Å². The highest BCUT2D eigenvalue weighted by Gasteiger charge is 2.44. The molecule has 1 aliphatic rings. The van der Waals surface area contributed by atoms with Gasteiger partial charge in [0.05, 0.1) is 6.04 Å². The van der Waals surface area contributed by atoms with Crippen LogP contribution in [0.1, 0.15) is 54.3 Å². The molecule has 5 nitrogen and oxygen atoms in total. The molecule has 1 saturated carbocycles. The number of rotatable bonds is 10. The number of amides is 2. The maximum absolute atomic E-state index is 14.7. The summed E-state index contributed by atoms with van der Waals surface area (Å²) in [6.45, 7) is 0. The minimum atomic E-state index is -4.94. The lowest BCUT2D eigenvalue weighted by Crippen LogP contribution is -2.44. The summed E-state index contributed by atoms with van der Waals surface area (Å²) in [5.41, 5.74) is 0.727. The second-order valence-electron chi connectivity index (χ2n) is 9.77. The SMILES string of the molecule is O=C(NC1CCCC1)NC(c1cc(F)cc(OC(F)(F)C(F)F)c1)C(c1ccccc1)c1ccc(OC(F)(F)F)cc1. The minimum Gasteiger partial charge on any atom is -0.428 e. The molecule has 0 aromatic heterocycles. The van der Waals surface area contributed by atoms with Crippen molar-refractivity contribution in [2.75, 3.05) is 0 Å². The van der Waals surface area contributed by atoms with Crippen molar-refractivity contribution >= 4 is 6.03 Å². The molecule has 2 atom stereocenters. The van der Waals surface area contributed by atoms with Gasteiger partial charge in [-0.2, -0.15) is 17.6 Å².